The number of benzene rings is 1. The average Bonchev–Trinajstić information content (AvgIpc) is 3.03. The summed E-state index contributed by atoms with van der Waals surface area (Å²) < 4.78 is 5.50. The lowest BCUT2D eigenvalue weighted by Gasteiger charge is -2.09. The fraction of sp³-hybridized carbons (Fsp3) is 0.235. The molecule has 1 aliphatic carbocycles. The molecule has 1 aromatic heterocycles. The third-order valence-corrected chi connectivity index (χ3v) is 3.45. The molecule has 0 bridgehead atoms. The number of ether oxygens (including phenoxy) is 1. The lowest BCUT2D eigenvalue weighted by atomic mass is 10.1. The van der Waals surface area contributed by atoms with Crippen LogP contribution in [-0.4, -0.2) is 15.9 Å². The van der Waals surface area contributed by atoms with E-state index >= 15 is 0 Å². The molecule has 0 saturated carbocycles. The number of carbonyl (C=O) groups excluding carboxylic acids is 1. The molecule has 1 aromatic carbocycles. The number of rotatable bonds is 5. The third kappa shape index (κ3) is 3.91. The molecule has 1 amide bonds. The maximum atomic E-state index is 11.9. The maximum absolute atomic E-state index is 11.9. The zero-order chi connectivity index (χ0) is 15.2. The highest BCUT2D eigenvalue weighted by Crippen LogP contribution is 2.22. The Morgan fingerprint density at radius 3 is 2.68 bits per heavy atom. The summed E-state index contributed by atoms with van der Waals surface area (Å²) in [5.74, 6) is 1.04. The summed E-state index contributed by atoms with van der Waals surface area (Å²) in [5.41, 5.74) is 0.758. The van der Waals surface area contributed by atoms with Gasteiger partial charge in [0.15, 0.2) is 0 Å². The van der Waals surface area contributed by atoms with Crippen LogP contribution in [0.4, 0.5) is 5.69 Å². The Morgan fingerprint density at radius 1 is 1.23 bits per heavy atom. The van der Waals surface area contributed by atoms with Crippen molar-refractivity contribution >= 4 is 11.6 Å². The number of nitrogens with zero attached hydrogens (tertiary/aromatic N) is 2. The quantitative estimate of drug-likeness (QED) is 0.857. The number of nitrogens with one attached hydrogen (secondary N) is 1. The van der Waals surface area contributed by atoms with Gasteiger partial charge in [-0.3, -0.25) is 4.79 Å². The van der Waals surface area contributed by atoms with E-state index in [-0.39, 0.29) is 5.91 Å². The summed E-state index contributed by atoms with van der Waals surface area (Å²) in [6.45, 7) is 0. The summed E-state index contributed by atoms with van der Waals surface area (Å²) in [6.07, 6.45) is 10.2. The van der Waals surface area contributed by atoms with Gasteiger partial charge in [-0.15, -0.1) is 0 Å². The van der Waals surface area contributed by atoms with E-state index in [9.17, 15) is 4.79 Å². The van der Waals surface area contributed by atoms with Crippen LogP contribution >= 0.6 is 0 Å². The Labute approximate surface area is 129 Å². The van der Waals surface area contributed by atoms with E-state index in [0.29, 0.717) is 24.1 Å². The average molecular weight is 295 g/mol. The van der Waals surface area contributed by atoms with Crippen molar-refractivity contribution in [2.24, 2.45) is 5.92 Å². The molecule has 0 saturated heterocycles. The minimum atomic E-state index is 0.0385. The Hall–Kier alpha value is -2.69. The highest BCUT2D eigenvalue weighted by atomic mass is 16.5. The summed E-state index contributed by atoms with van der Waals surface area (Å²) in [6, 6.07) is 9.20. The van der Waals surface area contributed by atoms with E-state index < -0.39 is 0 Å². The monoisotopic (exact) mass is 295 g/mol. The topological polar surface area (TPSA) is 64.1 Å². The second-order valence-electron chi connectivity index (χ2n) is 5.18. The number of anilines is 1. The molecule has 2 aromatic rings. The van der Waals surface area contributed by atoms with Crippen LogP contribution in [0.3, 0.4) is 0 Å². The Bertz CT molecular complexity index is 653. The van der Waals surface area contributed by atoms with Crippen molar-refractivity contribution in [2.75, 3.05) is 5.32 Å². The maximum Gasteiger partial charge on any atom is 0.321 e. The first kappa shape index (κ1) is 14.3. The van der Waals surface area contributed by atoms with Gasteiger partial charge < -0.3 is 10.1 Å². The molecule has 22 heavy (non-hydrogen) atoms. The fourth-order valence-corrected chi connectivity index (χ4v) is 2.37. The third-order valence-electron chi connectivity index (χ3n) is 3.45. The fourth-order valence-electron chi connectivity index (χ4n) is 2.37. The number of carbonyl (C=O) groups is 1. The van der Waals surface area contributed by atoms with Crippen molar-refractivity contribution in [3.05, 3.63) is 54.9 Å². The molecule has 5 nitrogen and oxygen atoms in total. The molecule has 1 N–H and O–H groups in total. The number of allylic oxidation sites excluding steroid dienone is 2. The Morgan fingerprint density at radius 2 is 2.00 bits per heavy atom. The summed E-state index contributed by atoms with van der Waals surface area (Å²) in [7, 11) is 0. The van der Waals surface area contributed by atoms with Crippen LogP contribution in [0.1, 0.15) is 19.3 Å². The number of hydrogen-bond acceptors (Lipinski definition) is 4. The second-order valence-corrected chi connectivity index (χ2v) is 5.18. The van der Waals surface area contributed by atoms with Gasteiger partial charge in [0.25, 0.3) is 0 Å². The molecule has 0 radical (unpaired) electrons. The van der Waals surface area contributed by atoms with Gasteiger partial charge in [0, 0.05) is 24.5 Å². The first-order chi connectivity index (χ1) is 10.8. The molecule has 1 atom stereocenters. The van der Waals surface area contributed by atoms with Gasteiger partial charge in [-0.1, -0.05) is 12.2 Å². The summed E-state index contributed by atoms with van der Waals surface area (Å²) in [4.78, 5) is 19.9. The molecule has 112 valence electrons. The van der Waals surface area contributed by atoms with Crippen molar-refractivity contribution in [1.29, 1.82) is 0 Å². The molecule has 0 fully saturated rings. The van der Waals surface area contributed by atoms with Crippen LogP contribution in [0, 0.1) is 5.92 Å². The van der Waals surface area contributed by atoms with E-state index in [0.717, 1.165) is 18.5 Å². The minimum absolute atomic E-state index is 0.0385. The standard InChI is InChI=1S/C17H17N3O2/c21-16(12-13-4-1-2-5-13)20-14-6-8-15(9-7-14)22-17-18-10-3-11-19-17/h1,3-4,6-11,13H,2,5,12H2,(H,20,21)/t13-/m0/s1. The Balaban J connectivity index is 1.54. The lowest BCUT2D eigenvalue weighted by molar-refractivity contribution is -0.116. The van der Waals surface area contributed by atoms with Crippen molar-refractivity contribution in [2.45, 2.75) is 19.3 Å². The molecule has 3 rings (SSSR count). The zero-order valence-corrected chi connectivity index (χ0v) is 12.1. The van der Waals surface area contributed by atoms with Crippen LogP contribution in [-0.2, 0) is 4.79 Å². The summed E-state index contributed by atoms with van der Waals surface area (Å²) >= 11 is 0. The number of aromatic nitrogens is 2. The van der Waals surface area contributed by atoms with Crippen molar-refractivity contribution in [3.8, 4) is 11.8 Å². The molecular weight excluding hydrogens is 278 g/mol. The van der Waals surface area contributed by atoms with Gasteiger partial charge in [-0.25, -0.2) is 9.97 Å². The van der Waals surface area contributed by atoms with Crippen molar-refractivity contribution in [1.82, 2.24) is 9.97 Å². The van der Waals surface area contributed by atoms with E-state index in [1.165, 1.54) is 0 Å². The number of hydrogen-bond donors (Lipinski definition) is 1. The first-order valence-electron chi connectivity index (χ1n) is 7.31. The van der Waals surface area contributed by atoms with Gasteiger partial charge in [0.2, 0.25) is 5.91 Å². The van der Waals surface area contributed by atoms with Crippen LogP contribution in [0.2, 0.25) is 0 Å². The smallest absolute Gasteiger partial charge is 0.321 e. The second kappa shape index (κ2) is 6.85. The first-order valence-corrected chi connectivity index (χ1v) is 7.31. The van der Waals surface area contributed by atoms with Gasteiger partial charge in [-0.05, 0) is 49.1 Å². The zero-order valence-electron chi connectivity index (χ0n) is 12.1. The highest BCUT2D eigenvalue weighted by molar-refractivity contribution is 5.91. The molecular formula is C17H17N3O2. The highest BCUT2D eigenvalue weighted by Gasteiger charge is 2.14. The van der Waals surface area contributed by atoms with Crippen molar-refractivity contribution in [3.63, 3.8) is 0 Å². The molecule has 1 heterocycles. The molecule has 0 spiro atoms. The van der Waals surface area contributed by atoms with Crippen LogP contribution < -0.4 is 10.1 Å². The normalized spacial score (nSPS) is 16.5. The molecule has 0 aliphatic heterocycles. The molecule has 0 unspecified atom stereocenters. The van der Waals surface area contributed by atoms with Crippen LogP contribution in [0.5, 0.6) is 11.8 Å². The minimum Gasteiger partial charge on any atom is -0.424 e. The van der Waals surface area contributed by atoms with E-state index in [2.05, 4.69) is 27.4 Å². The van der Waals surface area contributed by atoms with E-state index in [1.807, 2.05) is 0 Å². The predicted molar refractivity (Wildman–Crippen MR) is 83.7 cm³/mol. The Kier molecular flexibility index (Phi) is 4.44. The van der Waals surface area contributed by atoms with Crippen LogP contribution in [0.15, 0.2) is 54.9 Å². The summed E-state index contributed by atoms with van der Waals surface area (Å²) in [5, 5.41) is 2.90. The SMILES string of the molecule is O=C(C[C@H]1C=CCC1)Nc1ccc(Oc2ncccn2)cc1. The van der Waals surface area contributed by atoms with Gasteiger partial charge >= 0.3 is 6.01 Å². The van der Waals surface area contributed by atoms with Gasteiger partial charge in [-0.2, -0.15) is 0 Å². The van der Waals surface area contributed by atoms with Crippen LogP contribution in [0.25, 0.3) is 0 Å². The van der Waals surface area contributed by atoms with Gasteiger partial charge in [0.1, 0.15) is 5.75 Å². The number of amides is 1. The van der Waals surface area contributed by atoms with E-state index in [4.69, 9.17) is 4.74 Å². The largest absolute Gasteiger partial charge is 0.424 e. The molecule has 5 heteroatoms. The molecule has 1 aliphatic rings. The van der Waals surface area contributed by atoms with Crippen molar-refractivity contribution < 1.29 is 9.53 Å². The van der Waals surface area contributed by atoms with Gasteiger partial charge in [0.05, 0.1) is 0 Å². The lowest BCUT2D eigenvalue weighted by Crippen LogP contribution is -2.14. The van der Waals surface area contributed by atoms with E-state index in [1.54, 1.807) is 42.7 Å². The predicted octanol–water partition coefficient (Wildman–Crippen LogP) is 3.56.